The minimum Gasteiger partial charge on any atom is -0.485 e. The minimum atomic E-state index is -0.258. The van der Waals surface area contributed by atoms with E-state index in [0.29, 0.717) is 12.3 Å². The Morgan fingerprint density at radius 3 is 2.54 bits per heavy atom. The van der Waals surface area contributed by atoms with E-state index in [9.17, 15) is 4.79 Å². The summed E-state index contributed by atoms with van der Waals surface area (Å²) in [6.07, 6.45) is 1.41. The Hall–Kier alpha value is -2.58. The number of halogens is 1. The van der Waals surface area contributed by atoms with Crippen LogP contribution in [0.25, 0.3) is 4.85 Å². The minimum absolute atomic E-state index is 0.0378. The Balaban J connectivity index is 1.60. The molecule has 1 aromatic heterocycles. The van der Waals surface area contributed by atoms with Gasteiger partial charge < -0.3 is 14.5 Å². The number of benzene rings is 1. The Bertz CT molecular complexity index is 993. The maximum absolute atomic E-state index is 13.0. The Morgan fingerprint density at radius 1 is 1.25 bits per heavy atom. The fourth-order valence-electron chi connectivity index (χ4n) is 5.40. The summed E-state index contributed by atoms with van der Waals surface area (Å²) < 4.78 is 6.28. The van der Waals surface area contributed by atoms with Crippen LogP contribution in [0.3, 0.4) is 0 Å². The van der Waals surface area contributed by atoms with E-state index in [1.165, 1.54) is 6.20 Å². The Morgan fingerprint density at radius 2 is 1.93 bits per heavy atom. The summed E-state index contributed by atoms with van der Waals surface area (Å²) in [7, 11) is 0. The van der Waals surface area contributed by atoms with Crippen LogP contribution in [-0.4, -0.2) is 27.9 Å². The first-order valence-corrected chi connectivity index (χ1v) is 9.64. The molecule has 6 heteroatoms. The standard InChI is InChI=1S/C22H22ClN3O2/c1-21(2)19(26-12-13-8-6-7-9-15(13)18(26)27)22(3,4)20(21)28-14-10-16(23)17(24-5)25-11-14/h6-11,19-20H,12H2,1-4H3. The zero-order valence-corrected chi connectivity index (χ0v) is 17.1. The van der Waals surface area contributed by atoms with Crippen molar-refractivity contribution in [1.82, 2.24) is 9.88 Å². The van der Waals surface area contributed by atoms with E-state index in [4.69, 9.17) is 22.9 Å². The van der Waals surface area contributed by atoms with E-state index in [2.05, 4.69) is 37.5 Å². The van der Waals surface area contributed by atoms with E-state index >= 15 is 0 Å². The van der Waals surface area contributed by atoms with Crippen LogP contribution in [0.1, 0.15) is 43.6 Å². The van der Waals surface area contributed by atoms with Gasteiger partial charge >= 0.3 is 0 Å². The van der Waals surface area contributed by atoms with Gasteiger partial charge in [0, 0.05) is 29.0 Å². The molecule has 1 aliphatic heterocycles. The fraction of sp³-hybridized carbons (Fsp3) is 0.409. The Kier molecular flexibility index (Phi) is 4.17. The maximum atomic E-state index is 13.0. The van der Waals surface area contributed by atoms with Crippen LogP contribution in [0.5, 0.6) is 5.75 Å². The molecule has 0 radical (unpaired) electrons. The van der Waals surface area contributed by atoms with Crippen molar-refractivity contribution in [3.8, 4) is 5.75 Å². The van der Waals surface area contributed by atoms with Crippen LogP contribution in [0.15, 0.2) is 36.5 Å². The molecule has 0 unspecified atom stereocenters. The highest BCUT2D eigenvalue weighted by atomic mass is 35.5. The largest absolute Gasteiger partial charge is 0.485 e. The van der Waals surface area contributed by atoms with Gasteiger partial charge in [0.1, 0.15) is 6.10 Å². The molecule has 2 aliphatic rings. The lowest BCUT2D eigenvalue weighted by atomic mass is 9.49. The molecule has 4 rings (SSSR count). The topological polar surface area (TPSA) is 46.8 Å². The monoisotopic (exact) mass is 395 g/mol. The molecule has 2 heterocycles. The number of pyridine rings is 1. The van der Waals surface area contributed by atoms with Crippen molar-refractivity contribution in [3.05, 3.63) is 64.1 Å². The number of rotatable bonds is 3. The summed E-state index contributed by atoms with van der Waals surface area (Å²) in [5, 5.41) is 0.282. The molecule has 144 valence electrons. The van der Waals surface area contributed by atoms with Crippen molar-refractivity contribution in [2.24, 2.45) is 10.8 Å². The van der Waals surface area contributed by atoms with Gasteiger partial charge in [0.15, 0.2) is 11.9 Å². The fourth-order valence-corrected chi connectivity index (χ4v) is 5.60. The second-order valence-corrected chi connectivity index (χ2v) is 9.13. The van der Waals surface area contributed by atoms with Crippen LogP contribution in [-0.2, 0) is 6.54 Å². The van der Waals surface area contributed by atoms with Crippen LogP contribution >= 0.6 is 11.6 Å². The molecule has 0 atom stereocenters. The molecular weight excluding hydrogens is 374 g/mol. The summed E-state index contributed by atoms with van der Waals surface area (Å²) in [6, 6.07) is 9.48. The number of carbonyl (C=O) groups is 1. The first-order chi connectivity index (χ1) is 13.2. The first-order valence-electron chi connectivity index (χ1n) is 9.26. The highest BCUT2D eigenvalue weighted by Crippen LogP contribution is 2.59. The SMILES string of the molecule is [C-]#[N+]c1ncc(OC2C(C)(C)C(N3Cc4ccccc4C3=O)C2(C)C)cc1Cl. The third-order valence-electron chi connectivity index (χ3n) is 6.08. The van der Waals surface area contributed by atoms with Crippen LogP contribution < -0.4 is 4.74 Å². The Labute approximate surface area is 170 Å². The highest BCUT2D eigenvalue weighted by molar-refractivity contribution is 6.33. The number of hydrogen-bond donors (Lipinski definition) is 0. The predicted molar refractivity (Wildman–Crippen MR) is 108 cm³/mol. The van der Waals surface area contributed by atoms with Gasteiger partial charge in [-0.2, -0.15) is 0 Å². The molecule has 5 nitrogen and oxygen atoms in total. The summed E-state index contributed by atoms with van der Waals surface area (Å²) in [5.41, 5.74) is 1.36. The number of amides is 1. The van der Waals surface area contributed by atoms with Crippen molar-refractivity contribution in [2.75, 3.05) is 0 Å². The third-order valence-corrected chi connectivity index (χ3v) is 6.36. The lowest BCUT2D eigenvalue weighted by molar-refractivity contribution is -0.199. The molecule has 2 aromatic rings. The summed E-state index contributed by atoms with van der Waals surface area (Å²) >= 11 is 6.11. The molecule has 1 aromatic carbocycles. The first kappa shape index (κ1) is 18.8. The smallest absolute Gasteiger partial charge is 0.288 e. The number of hydrogen-bond acceptors (Lipinski definition) is 3. The van der Waals surface area contributed by atoms with Gasteiger partial charge in [-0.15, -0.1) is 4.98 Å². The summed E-state index contributed by atoms with van der Waals surface area (Å²) in [5.74, 6) is 0.795. The molecule has 0 bridgehead atoms. The van der Waals surface area contributed by atoms with E-state index in [1.54, 1.807) is 6.07 Å². The van der Waals surface area contributed by atoms with Crippen molar-refractivity contribution in [2.45, 2.75) is 46.4 Å². The molecule has 1 aliphatic carbocycles. The van der Waals surface area contributed by atoms with Crippen molar-refractivity contribution in [3.63, 3.8) is 0 Å². The molecule has 1 amide bonds. The quantitative estimate of drug-likeness (QED) is 0.677. The van der Waals surface area contributed by atoms with E-state index in [0.717, 1.165) is 11.1 Å². The van der Waals surface area contributed by atoms with Crippen molar-refractivity contribution in [1.29, 1.82) is 0 Å². The van der Waals surface area contributed by atoms with Crippen molar-refractivity contribution >= 4 is 23.3 Å². The van der Waals surface area contributed by atoms with Gasteiger partial charge in [-0.25, -0.2) is 0 Å². The number of nitrogens with zero attached hydrogens (tertiary/aromatic N) is 3. The molecular formula is C22H22ClN3O2. The van der Waals surface area contributed by atoms with Gasteiger partial charge in [-0.05, 0) is 17.7 Å². The average Bonchev–Trinajstić information content (AvgIpc) is 2.95. The van der Waals surface area contributed by atoms with Crippen LogP contribution in [0.4, 0.5) is 5.82 Å². The number of ether oxygens (including phenoxy) is 1. The molecule has 1 saturated carbocycles. The van der Waals surface area contributed by atoms with Gasteiger partial charge in [0.25, 0.3) is 11.7 Å². The molecule has 0 saturated heterocycles. The normalized spacial score (nSPS) is 24.3. The lowest BCUT2D eigenvalue weighted by Gasteiger charge is -2.65. The molecule has 0 N–H and O–H groups in total. The van der Waals surface area contributed by atoms with Crippen LogP contribution in [0.2, 0.25) is 5.02 Å². The van der Waals surface area contributed by atoms with E-state index in [1.807, 2.05) is 29.2 Å². The molecule has 28 heavy (non-hydrogen) atoms. The van der Waals surface area contributed by atoms with E-state index in [-0.39, 0.29) is 39.7 Å². The van der Waals surface area contributed by atoms with Gasteiger partial charge in [-0.1, -0.05) is 64.1 Å². The number of fused-ring (bicyclic) bond motifs is 1. The third kappa shape index (κ3) is 2.59. The van der Waals surface area contributed by atoms with Crippen LogP contribution in [0, 0.1) is 17.4 Å². The van der Waals surface area contributed by atoms with Gasteiger partial charge in [0.05, 0.1) is 5.02 Å². The summed E-state index contributed by atoms with van der Waals surface area (Å²) in [4.78, 5) is 22.3. The number of carbonyl (C=O) groups excluding carboxylic acids is 1. The van der Waals surface area contributed by atoms with E-state index < -0.39 is 0 Å². The summed E-state index contributed by atoms with van der Waals surface area (Å²) in [6.45, 7) is 16.2. The van der Waals surface area contributed by atoms with Crippen molar-refractivity contribution < 1.29 is 9.53 Å². The second kappa shape index (κ2) is 6.22. The number of aromatic nitrogens is 1. The van der Waals surface area contributed by atoms with Gasteiger partial charge in [-0.3, -0.25) is 4.79 Å². The average molecular weight is 396 g/mol. The maximum Gasteiger partial charge on any atom is 0.288 e. The second-order valence-electron chi connectivity index (χ2n) is 8.72. The zero-order valence-electron chi connectivity index (χ0n) is 16.4. The molecule has 0 spiro atoms. The zero-order chi connectivity index (χ0) is 20.3. The molecule has 1 fully saturated rings. The predicted octanol–water partition coefficient (Wildman–Crippen LogP) is 5.12. The lowest BCUT2D eigenvalue weighted by Crippen LogP contribution is -2.74. The van der Waals surface area contributed by atoms with Gasteiger partial charge in [0.2, 0.25) is 0 Å². The highest BCUT2D eigenvalue weighted by Gasteiger charge is 2.67.